The quantitative estimate of drug-likeness (QED) is 0.596. The van der Waals surface area contributed by atoms with Crippen LogP contribution in [0.15, 0.2) is 49.1 Å². The maximum atomic E-state index is 12.5. The third kappa shape index (κ3) is 3.83. The second kappa shape index (κ2) is 7.98. The van der Waals surface area contributed by atoms with Crippen LogP contribution in [0, 0.1) is 11.8 Å². The Labute approximate surface area is 168 Å². The number of fused-ring (bicyclic) bond motifs is 1. The minimum Gasteiger partial charge on any atom is -0.350 e. The van der Waals surface area contributed by atoms with E-state index < -0.39 is 0 Å². The zero-order chi connectivity index (χ0) is 20.4. The molecule has 2 aromatic rings. The van der Waals surface area contributed by atoms with Crippen LogP contribution in [0.3, 0.4) is 0 Å². The monoisotopic (exact) mass is 393 g/mol. The van der Waals surface area contributed by atoms with E-state index >= 15 is 0 Å². The Bertz CT molecular complexity index is 910. The Morgan fingerprint density at radius 1 is 1.14 bits per heavy atom. The first kappa shape index (κ1) is 19.0. The molecule has 0 radical (unpaired) electrons. The van der Waals surface area contributed by atoms with Crippen molar-refractivity contribution in [3.63, 3.8) is 0 Å². The van der Waals surface area contributed by atoms with E-state index in [4.69, 9.17) is 0 Å². The topological polar surface area (TPSA) is 97.2 Å². The van der Waals surface area contributed by atoms with Gasteiger partial charge >= 0.3 is 0 Å². The van der Waals surface area contributed by atoms with Gasteiger partial charge in [0.25, 0.3) is 0 Å². The number of amides is 3. The normalized spacial score (nSPS) is 21.9. The van der Waals surface area contributed by atoms with E-state index in [2.05, 4.69) is 15.4 Å². The highest BCUT2D eigenvalue weighted by Gasteiger charge is 2.46. The zero-order valence-electron chi connectivity index (χ0n) is 16.2. The molecule has 4 rings (SSSR count). The molecule has 150 valence electrons. The Kier molecular flexibility index (Phi) is 5.24. The largest absolute Gasteiger partial charge is 0.350 e. The Balaban J connectivity index is 1.30. The van der Waals surface area contributed by atoms with Gasteiger partial charge in [0.1, 0.15) is 12.7 Å². The zero-order valence-corrected chi connectivity index (χ0v) is 16.2. The number of rotatable bonds is 6. The molecule has 8 heteroatoms. The van der Waals surface area contributed by atoms with Crippen LogP contribution in [0.2, 0.25) is 0 Å². The number of hydrogen-bond donors (Lipinski definition) is 1. The van der Waals surface area contributed by atoms with Gasteiger partial charge in [0.2, 0.25) is 17.7 Å². The second-order valence-corrected chi connectivity index (χ2v) is 7.45. The lowest BCUT2D eigenvalue weighted by Crippen LogP contribution is -2.36. The SMILES string of the molecule is CC(NC(=O)CCN1C(=O)C2CC=CCC2C1=O)c1ccc(-n2cncn2)cc1. The third-order valence-corrected chi connectivity index (χ3v) is 5.62. The molecular formula is C21H23N5O3. The molecule has 1 fully saturated rings. The van der Waals surface area contributed by atoms with Gasteiger partial charge in [-0.3, -0.25) is 19.3 Å². The van der Waals surface area contributed by atoms with Gasteiger partial charge < -0.3 is 5.32 Å². The van der Waals surface area contributed by atoms with Crippen LogP contribution in [0.1, 0.15) is 37.8 Å². The number of carbonyl (C=O) groups excluding carboxylic acids is 3. The summed E-state index contributed by atoms with van der Waals surface area (Å²) in [6.45, 7) is 2.03. The van der Waals surface area contributed by atoms with Crippen LogP contribution in [0.25, 0.3) is 5.69 Å². The first-order chi connectivity index (χ1) is 14.0. The summed E-state index contributed by atoms with van der Waals surface area (Å²) in [6, 6.07) is 7.47. The average molecular weight is 393 g/mol. The van der Waals surface area contributed by atoms with Crippen LogP contribution in [-0.2, 0) is 14.4 Å². The van der Waals surface area contributed by atoms with Crippen LogP contribution < -0.4 is 5.32 Å². The molecule has 1 aromatic heterocycles. The molecule has 1 N–H and O–H groups in total. The van der Waals surface area contributed by atoms with Crippen molar-refractivity contribution in [3.05, 3.63) is 54.6 Å². The predicted molar refractivity (Wildman–Crippen MR) is 105 cm³/mol. The molecular weight excluding hydrogens is 370 g/mol. The van der Waals surface area contributed by atoms with Crippen molar-refractivity contribution in [2.45, 2.75) is 32.2 Å². The maximum absolute atomic E-state index is 12.5. The van der Waals surface area contributed by atoms with Gasteiger partial charge in [-0.05, 0) is 37.5 Å². The highest BCUT2D eigenvalue weighted by Crippen LogP contribution is 2.35. The van der Waals surface area contributed by atoms with Crippen LogP contribution >= 0.6 is 0 Å². The van der Waals surface area contributed by atoms with Crippen molar-refractivity contribution in [2.24, 2.45) is 11.8 Å². The number of hydrogen-bond acceptors (Lipinski definition) is 5. The fourth-order valence-corrected chi connectivity index (χ4v) is 3.96. The maximum Gasteiger partial charge on any atom is 0.233 e. The highest BCUT2D eigenvalue weighted by atomic mass is 16.2. The smallest absolute Gasteiger partial charge is 0.233 e. The summed E-state index contributed by atoms with van der Waals surface area (Å²) < 4.78 is 1.66. The molecule has 3 amide bonds. The number of imide groups is 1. The molecule has 0 spiro atoms. The Hall–Kier alpha value is -3.29. The molecule has 2 heterocycles. The van der Waals surface area contributed by atoms with Crippen LogP contribution in [-0.4, -0.2) is 43.9 Å². The molecule has 3 atom stereocenters. The fraction of sp³-hybridized carbons (Fsp3) is 0.381. The van der Waals surface area contributed by atoms with E-state index in [1.54, 1.807) is 11.0 Å². The molecule has 3 unspecified atom stereocenters. The van der Waals surface area contributed by atoms with Crippen molar-refractivity contribution in [2.75, 3.05) is 6.54 Å². The lowest BCUT2D eigenvalue weighted by atomic mass is 9.85. The molecule has 1 aliphatic carbocycles. The van der Waals surface area contributed by atoms with Gasteiger partial charge in [-0.15, -0.1) is 0 Å². The lowest BCUT2D eigenvalue weighted by Gasteiger charge is -2.17. The average Bonchev–Trinajstić information content (AvgIpc) is 3.35. The summed E-state index contributed by atoms with van der Waals surface area (Å²) >= 11 is 0. The second-order valence-electron chi connectivity index (χ2n) is 7.45. The number of benzene rings is 1. The summed E-state index contributed by atoms with van der Waals surface area (Å²) in [5.41, 5.74) is 1.83. The van der Waals surface area contributed by atoms with Crippen molar-refractivity contribution in [1.29, 1.82) is 0 Å². The van der Waals surface area contributed by atoms with Crippen molar-refractivity contribution >= 4 is 17.7 Å². The lowest BCUT2D eigenvalue weighted by molar-refractivity contribution is -0.140. The first-order valence-electron chi connectivity index (χ1n) is 9.79. The Morgan fingerprint density at radius 2 is 1.79 bits per heavy atom. The van der Waals surface area contributed by atoms with Crippen LogP contribution in [0.4, 0.5) is 0 Å². The summed E-state index contributed by atoms with van der Waals surface area (Å²) in [4.78, 5) is 42.5. The highest BCUT2D eigenvalue weighted by molar-refractivity contribution is 6.05. The summed E-state index contributed by atoms with van der Waals surface area (Å²) in [5, 5.41) is 7.01. The van der Waals surface area contributed by atoms with Gasteiger partial charge in [0.15, 0.2) is 0 Å². The Morgan fingerprint density at radius 3 is 2.38 bits per heavy atom. The van der Waals surface area contributed by atoms with Crippen molar-refractivity contribution in [1.82, 2.24) is 25.0 Å². The van der Waals surface area contributed by atoms with Crippen molar-refractivity contribution in [3.8, 4) is 5.69 Å². The molecule has 0 saturated carbocycles. The molecule has 8 nitrogen and oxygen atoms in total. The molecule has 29 heavy (non-hydrogen) atoms. The molecule has 1 saturated heterocycles. The molecule has 0 bridgehead atoms. The molecule has 2 aliphatic rings. The molecule has 1 aromatic carbocycles. The minimum atomic E-state index is -0.252. The number of aromatic nitrogens is 3. The number of carbonyl (C=O) groups is 3. The predicted octanol–water partition coefficient (Wildman–Crippen LogP) is 1.79. The number of nitrogens with one attached hydrogen (secondary N) is 1. The van der Waals surface area contributed by atoms with Gasteiger partial charge in [0.05, 0.1) is 23.6 Å². The fourth-order valence-electron chi connectivity index (χ4n) is 3.96. The number of likely N-dealkylation sites (tertiary alicyclic amines) is 1. The van der Waals surface area contributed by atoms with E-state index in [1.807, 2.05) is 43.3 Å². The van der Waals surface area contributed by atoms with Gasteiger partial charge in [-0.25, -0.2) is 9.67 Å². The number of nitrogens with zero attached hydrogens (tertiary/aromatic N) is 4. The van der Waals surface area contributed by atoms with E-state index in [0.29, 0.717) is 12.8 Å². The first-order valence-corrected chi connectivity index (χ1v) is 9.79. The van der Waals surface area contributed by atoms with Gasteiger partial charge in [-0.2, -0.15) is 5.10 Å². The number of allylic oxidation sites excluding steroid dienone is 2. The van der Waals surface area contributed by atoms with E-state index in [9.17, 15) is 14.4 Å². The third-order valence-electron chi connectivity index (χ3n) is 5.62. The summed E-state index contributed by atoms with van der Waals surface area (Å²) in [6.07, 6.45) is 8.33. The standard InChI is InChI=1S/C21H23N5O3/c1-14(15-6-8-16(9-7-15)26-13-22-12-23-26)24-19(27)10-11-25-20(28)17-4-2-3-5-18(17)21(25)29/h2-3,6-9,12-14,17-18H,4-5,10-11H2,1H3,(H,24,27). The minimum absolute atomic E-state index is 0.103. The summed E-state index contributed by atoms with van der Waals surface area (Å²) in [7, 11) is 0. The molecule has 1 aliphatic heterocycles. The van der Waals surface area contributed by atoms with Gasteiger partial charge in [0, 0.05) is 13.0 Å². The van der Waals surface area contributed by atoms with Gasteiger partial charge in [-0.1, -0.05) is 24.3 Å². The van der Waals surface area contributed by atoms with Crippen molar-refractivity contribution < 1.29 is 14.4 Å². The van der Waals surface area contributed by atoms with E-state index in [-0.39, 0.29) is 48.6 Å². The summed E-state index contributed by atoms with van der Waals surface area (Å²) in [5.74, 6) is -0.981. The van der Waals surface area contributed by atoms with E-state index in [1.165, 1.54) is 11.2 Å². The van der Waals surface area contributed by atoms with E-state index in [0.717, 1.165) is 11.3 Å². The van der Waals surface area contributed by atoms with Crippen LogP contribution in [0.5, 0.6) is 0 Å².